The molecule has 0 saturated carbocycles. The molecule has 1 fully saturated rings. The molecule has 2 atom stereocenters. The van der Waals surface area contributed by atoms with E-state index in [2.05, 4.69) is 13.5 Å². The molecular weight excluding hydrogens is 144 g/mol. The second-order valence-electron chi connectivity index (χ2n) is 2.79. The monoisotopic (exact) mass is 158 g/mol. The fraction of sp³-hybridized carbons (Fsp3) is 0.714. The molecule has 0 spiro atoms. The molecule has 10 heavy (non-hydrogen) atoms. The van der Waals surface area contributed by atoms with E-state index < -0.39 is 8.56 Å². The van der Waals surface area contributed by atoms with Crippen molar-refractivity contribution in [1.82, 2.24) is 0 Å². The maximum atomic E-state index is 5.62. The van der Waals surface area contributed by atoms with Crippen molar-refractivity contribution >= 4 is 8.56 Å². The molecule has 0 radical (unpaired) electrons. The summed E-state index contributed by atoms with van der Waals surface area (Å²) in [6, 6.07) is 0. The highest BCUT2D eigenvalue weighted by molar-refractivity contribution is 6.71. The van der Waals surface area contributed by atoms with E-state index in [4.69, 9.17) is 8.85 Å². The summed E-state index contributed by atoms with van der Waals surface area (Å²) in [5, 5.41) is 0. The molecule has 0 amide bonds. The van der Waals surface area contributed by atoms with Crippen molar-refractivity contribution in [3.8, 4) is 0 Å². The lowest BCUT2D eigenvalue weighted by Crippen LogP contribution is -2.44. The standard InChI is InChI=1S/C7H14O2Si/c1-4-10(3)8-6-5-7(2)9-10/h4,7H,1,5-6H2,2-3H3. The van der Waals surface area contributed by atoms with Crippen LogP contribution < -0.4 is 0 Å². The Morgan fingerprint density at radius 3 is 2.80 bits per heavy atom. The first kappa shape index (κ1) is 7.98. The van der Waals surface area contributed by atoms with E-state index in [-0.39, 0.29) is 0 Å². The third kappa shape index (κ3) is 1.68. The number of hydrogen-bond acceptors (Lipinski definition) is 2. The van der Waals surface area contributed by atoms with Crippen molar-refractivity contribution in [2.24, 2.45) is 0 Å². The van der Waals surface area contributed by atoms with Gasteiger partial charge in [-0.15, -0.1) is 6.58 Å². The summed E-state index contributed by atoms with van der Waals surface area (Å²) in [6.45, 7) is 8.64. The first-order valence-electron chi connectivity index (χ1n) is 3.62. The van der Waals surface area contributed by atoms with Crippen molar-refractivity contribution in [3.63, 3.8) is 0 Å². The van der Waals surface area contributed by atoms with E-state index in [1.54, 1.807) is 0 Å². The van der Waals surface area contributed by atoms with Gasteiger partial charge in [-0.05, 0) is 25.6 Å². The van der Waals surface area contributed by atoms with E-state index in [0.29, 0.717) is 6.10 Å². The average Bonchev–Trinajstić information content (AvgIpc) is 1.88. The summed E-state index contributed by atoms with van der Waals surface area (Å²) < 4.78 is 11.1. The highest BCUT2D eigenvalue weighted by Gasteiger charge is 2.33. The average molecular weight is 158 g/mol. The van der Waals surface area contributed by atoms with Gasteiger partial charge in [-0.3, -0.25) is 0 Å². The maximum absolute atomic E-state index is 5.62. The SMILES string of the molecule is C=C[Si]1(C)OCCC(C)O1. The Hall–Kier alpha value is -0.123. The Balaban J connectivity index is 2.53. The molecular formula is C7H14O2Si. The van der Waals surface area contributed by atoms with Crippen LogP contribution >= 0.6 is 0 Å². The van der Waals surface area contributed by atoms with E-state index >= 15 is 0 Å². The van der Waals surface area contributed by atoms with Gasteiger partial charge in [0.25, 0.3) is 0 Å². The molecule has 1 aliphatic heterocycles. The summed E-state index contributed by atoms with van der Waals surface area (Å²) in [5.74, 6) is 0. The zero-order valence-electron chi connectivity index (χ0n) is 6.59. The molecule has 3 heteroatoms. The summed E-state index contributed by atoms with van der Waals surface area (Å²) >= 11 is 0. The fourth-order valence-corrected chi connectivity index (χ4v) is 2.75. The van der Waals surface area contributed by atoms with Crippen LogP contribution in [0.1, 0.15) is 13.3 Å². The summed E-state index contributed by atoms with van der Waals surface area (Å²) in [4.78, 5) is 0. The summed E-state index contributed by atoms with van der Waals surface area (Å²) in [6.07, 6.45) is 1.36. The van der Waals surface area contributed by atoms with Crippen LogP contribution in [0.25, 0.3) is 0 Å². The normalized spacial score (nSPS) is 41.2. The molecule has 1 rings (SSSR count). The Kier molecular flexibility index (Phi) is 2.28. The highest BCUT2D eigenvalue weighted by Crippen LogP contribution is 2.18. The van der Waals surface area contributed by atoms with Gasteiger partial charge in [-0.2, -0.15) is 0 Å². The van der Waals surface area contributed by atoms with Crippen molar-refractivity contribution in [3.05, 3.63) is 12.3 Å². The lowest BCUT2D eigenvalue weighted by atomic mass is 10.3. The third-order valence-electron chi connectivity index (χ3n) is 1.72. The van der Waals surface area contributed by atoms with Gasteiger partial charge >= 0.3 is 8.56 Å². The molecule has 0 aromatic heterocycles. The van der Waals surface area contributed by atoms with Crippen molar-refractivity contribution in [2.75, 3.05) is 6.61 Å². The summed E-state index contributed by atoms with van der Waals surface area (Å²) in [7, 11) is -1.91. The second-order valence-corrected chi connectivity index (χ2v) is 5.75. The van der Waals surface area contributed by atoms with Crippen molar-refractivity contribution in [2.45, 2.75) is 26.0 Å². The molecule has 0 aliphatic carbocycles. The van der Waals surface area contributed by atoms with Gasteiger partial charge in [-0.1, -0.05) is 0 Å². The second kappa shape index (κ2) is 2.86. The molecule has 0 N–H and O–H groups in total. The highest BCUT2D eigenvalue weighted by atomic mass is 28.4. The minimum absolute atomic E-state index is 0.350. The Labute approximate surface area is 63.1 Å². The minimum atomic E-state index is -1.91. The molecule has 1 heterocycles. The Morgan fingerprint density at radius 2 is 2.40 bits per heavy atom. The molecule has 0 aromatic carbocycles. The first-order valence-corrected chi connectivity index (χ1v) is 6.01. The number of hydrogen-bond donors (Lipinski definition) is 0. The van der Waals surface area contributed by atoms with Crippen molar-refractivity contribution < 1.29 is 8.85 Å². The van der Waals surface area contributed by atoms with Crippen molar-refractivity contribution in [1.29, 1.82) is 0 Å². The van der Waals surface area contributed by atoms with Gasteiger partial charge < -0.3 is 8.85 Å². The molecule has 1 aliphatic rings. The summed E-state index contributed by atoms with van der Waals surface area (Å²) in [5.41, 5.74) is 1.84. The van der Waals surface area contributed by atoms with Crippen LogP contribution in [0.5, 0.6) is 0 Å². The Morgan fingerprint density at radius 1 is 1.70 bits per heavy atom. The third-order valence-corrected chi connectivity index (χ3v) is 4.11. The first-order chi connectivity index (χ1) is 4.66. The molecule has 2 unspecified atom stereocenters. The Bertz CT molecular complexity index is 138. The van der Waals surface area contributed by atoms with Crippen LogP contribution in [-0.2, 0) is 8.85 Å². The van der Waals surface area contributed by atoms with E-state index in [9.17, 15) is 0 Å². The van der Waals surface area contributed by atoms with E-state index in [0.717, 1.165) is 13.0 Å². The zero-order valence-corrected chi connectivity index (χ0v) is 7.59. The van der Waals surface area contributed by atoms with Gasteiger partial charge in [0, 0.05) is 12.7 Å². The number of rotatable bonds is 1. The van der Waals surface area contributed by atoms with Crippen LogP contribution in [0, 0.1) is 0 Å². The quantitative estimate of drug-likeness (QED) is 0.540. The minimum Gasteiger partial charge on any atom is -0.391 e. The maximum Gasteiger partial charge on any atom is 0.361 e. The lowest BCUT2D eigenvalue weighted by Gasteiger charge is -2.32. The van der Waals surface area contributed by atoms with Gasteiger partial charge in [0.1, 0.15) is 0 Å². The van der Waals surface area contributed by atoms with Crippen LogP contribution in [-0.4, -0.2) is 21.3 Å². The molecule has 0 aromatic rings. The van der Waals surface area contributed by atoms with Crippen LogP contribution in [0.3, 0.4) is 0 Å². The molecule has 58 valence electrons. The predicted octanol–water partition coefficient (Wildman–Crippen LogP) is 1.61. The lowest BCUT2D eigenvalue weighted by molar-refractivity contribution is 0.0684. The van der Waals surface area contributed by atoms with Crippen LogP contribution in [0.15, 0.2) is 12.3 Å². The van der Waals surface area contributed by atoms with Crippen LogP contribution in [0.4, 0.5) is 0 Å². The topological polar surface area (TPSA) is 18.5 Å². The fourth-order valence-electron chi connectivity index (χ4n) is 1.03. The van der Waals surface area contributed by atoms with Gasteiger partial charge in [-0.25, -0.2) is 0 Å². The van der Waals surface area contributed by atoms with Crippen LogP contribution in [0.2, 0.25) is 6.55 Å². The van der Waals surface area contributed by atoms with Gasteiger partial charge in [0.15, 0.2) is 0 Å². The largest absolute Gasteiger partial charge is 0.391 e. The predicted molar refractivity (Wildman–Crippen MR) is 42.9 cm³/mol. The van der Waals surface area contributed by atoms with Gasteiger partial charge in [0.2, 0.25) is 0 Å². The molecule has 1 saturated heterocycles. The zero-order chi connectivity index (χ0) is 7.61. The van der Waals surface area contributed by atoms with E-state index in [1.165, 1.54) is 0 Å². The molecule has 0 bridgehead atoms. The van der Waals surface area contributed by atoms with Gasteiger partial charge in [0.05, 0.1) is 0 Å². The smallest absolute Gasteiger partial charge is 0.361 e. The molecule has 2 nitrogen and oxygen atoms in total. The van der Waals surface area contributed by atoms with E-state index in [1.807, 2.05) is 12.2 Å².